The van der Waals surface area contributed by atoms with Crippen molar-refractivity contribution in [3.63, 3.8) is 0 Å². The van der Waals surface area contributed by atoms with Gasteiger partial charge in [0.2, 0.25) is 5.91 Å². The number of ether oxygens (including phenoxy) is 1. The number of rotatable bonds is 5. The Morgan fingerprint density at radius 3 is 2.78 bits per heavy atom. The first-order valence-electron chi connectivity index (χ1n) is 6.30. The van der Waals surface area contributed by atoms with Gasteiger partial charge < -0.3 is 15.8 Å². The first-order valence-corrected chi connectivity index (χ1v) is 6.30. The zero-order chi connectivity index (χ0) is 13.0. The van der Waals surface area contributed by atoms with Gasteiger partial charge in [0.15, 0.2) is 0 Å². The van der Waals surface area contributed by atoms with E-state index < -0.39 is 0 Å². The van der Waals surface area contributed by atoms with Crippen LogP contribution in [0.25, 0.3) is 0 Å². The Kier molecular flexibility index (Phi) is 3.87. The van der Waals surface area contributed by atoms with E-state index in [1.807, 2.05) is 24.3 Å². The monoisotopic (exact) mass is 248 g/mol. The van der Waals surface area contributed by atoms with Crippen LogP contribution in [0.3, 0.4) is 0 Å². The van der Waals surface area contributed by atoms with E-state index in [0.29, 0.717) is 13.0 Å². The Morgan fingerprint density at radius 2 is 2.17 bits per heavy atom. The van der Waals surface area contributed by atoms with Gasteiger partial charge in [-0.3, -0.25) is 4.79 Å². The van der Waals surface area contributed by atoms with Crippen molar-refractivity contribution in [2.24, 2.45) is 5.73 Å². The van der Waals surface area contributed by atoms with Crippen molar-refractivity contribution >= 4 is 5.91 Å². The number of benzene rings is 1. The quantitative estimate of drug-likeness (QED) is 0.824. The summed E-state index contributed by atoms with van der Waals surface area (Å²) < 4.78 is 5.22. The van der Waals surface area contributed by atoms with E-state index in [1.165, 1.54) is 6.42 Å². The molecule has 4 heteroatoms. The summed E-state index contributed by atoms with van der Waals surface area (Å²) in [7, 11) is 1.61. The molecule has 1 aromatic carbocycles. The normalized spacial score (nSPS) is 16.8. The van der Waals surface area contributed by atoms with Crippen LogP contribution in [0.4, 0.5) is 0 Å². The summed E-state index contributed by atoms with van der Waals surface area (Å²) in [5.74, 6) is 0.745. The first-order chi connectivity index (χ1) is 8.63. The zero-order valence-electron chi connectivity index (χ0n) is 10.7. The average molecular weight is 248 g/mol. The molecule has 0 aromatic heterocycles. The Morgan fingerprint density at radius 1 is 1.44 bits per heavy atom. The van der Waals surface area contributed by atoms with Crippen LogP contribution in [-0.2, 0) is 11.2 Å². The van der Waals surface area contributed by atoms with Crippen LogP contribution in [0.2, 0.25) is 0 Å². The van der Waals surface area contributed by atoms with Crippen molar-refractivity contribution in [3.05, 3.63) is 29.8 Å². The standard InChI is InChI=1S/C14H20N2O2/c1-18-12-6-3-2-5-11(12)9-13(17)16-10-14(15)7-4-8-14/h2-3,5-6H,4,7-10,15H2,1H3,(H,16,17). The molecule has 1 aromatic rings. The third-order valence-electron chi connectivity index (χ3n) is 3.53. The highest BCUT2D eigenvalue weighted by Crippen LogP contribution is 2.28. The summed E-state index contributed by atoms with van der Waals surface area (Å²) in [6.07, 6.45) is 3.50. The molecule has 0 unspecified atom stereocenters. The van der Waals surface area contributed by atoms with Gasteiger partial charge in [0.1, 0.15) is 5.75 Å². The Bertz CT molecular complexity index is 428. The van der Waals surface area contributed by atoms with Gasteiger partial charge in [-0.05, 0) is 25.3 Å². The van der Waals surface area contributed by atoms with Gasteiger partial charge in [-0.1, -0.05) is 18.2 Å². The molecular formula is C14H20N2O2. The predicted octanol–water partition coefficient (Wildman–Crippen LogP) is 1.24. The van der Waals surface area contributed by atoms with Crippen LogP contribution in [0.1, 0.15) is 24.8 Å². The van der Waals surface area contributed by atoms with Gasteiger partial charge in [-0.25, -0.2) is 0 Å². The lowest BCUT2D eigenvalue weighted by molar-refractivity contribution is -0.120. The number of nitrogens with two attached hydrogens (primary N) is 1. The van der Waals surface area contributed by atoms with E-state index >= 15 is 0 Å². The summed E-state index contributed by atoms with van der Waals surface area (Å²) in [6, 6.07) is 7.56. The summed E-state index contributed by atoms with van der Waals surface area (Å²) in [5.41, 5.74) is 6.79. The molecule has 0 aliphatic heterocycles. The first kappa shape index (κ1) is 12.9. The SMILES string of the molecule is COc1ccccc1CC(=O)NCC1(N)CCC1. The molecule has 18 heavy (non-hydrogen) atoms. The van der Waals surface area contributed by atoms with Crippen molar-refractivity contribution in [3.8, 4) is 5.75 Å². The van der Waals surface area contributed by atoms with Gasteiger partial charge in [0, 0.05) is 17.6 Å². The van der Waals surface area contributed by atoms with Crippen molar-refractivity contribution in [1.82, 2.24) is 5.32 Å². The fraction of sp³-hybridized carbons (Fsp3) is 0.500. The third-order valence-corrected chi connectivity index (χ3v) is 3.53. The highest BCUT2D eigenvalue weighted by Gasteiger charge is 2.32. The number of amides is 1. The number of hydrogen-bond acceptors (Lipinski definition) is 3. The second kappa shape index (κ2) is 5.40. The molecule has 4 nitrogen and oxygen atoms in total. The molecule has 0 heterocycles. The molecule has 1 saturated carbocycles. The Balaban J connectivity index is 1.86. The van der Waals surface area contributed by atoms with Crippen LogP contribution in [0.5, 0.6) is 5.75 Å². The average Bonchev–Trinajstić information content (AvgIpc) is 2.35. The maximum atomic E-state index is 11.8. The van der Waals surface area contributed by atoms with E-state index in [1.54, 1.807) is 7.11 Å². The molecule has 98 valence electrons. The molecule has 1 aliphatic rings. The molecule has 0 spiro atoms. The molecule has 0 bridgehead atoms. The largest absolute Gasteiger partial charge is 0.496 e. The van der Waals surface area contributed by atoms with Gasteiger partial charge >= 0.3 is 0 Å². The molecular weight excluding hydrogens is 228 g/mol. The molecule has 1 amide bonds. The molecule has 0 atom stereocenters. The van der Waals surface area contributed by atoms with Crippen LogP contribution < -0.4 is 15.8 Å². The van der Waals surface area contributed by atoms with Gasteiger partial charge in [-0.15, -0.1) is 0 Å². The molecule has 1 fully saturated rings. The third kappa shape index (κ3) is 3.01. The lowest BCUT2D eigenvalue weighted by Gasteiger charge is -2.38. The lowest BCUT2D eigenvalue weighted by atomic mass is 9.78. The topological polar surface area (TPSA) is 64.3 Å². The van der Waals surface area contributed by atoms with E-state index in [-0.39, 0.29) is 11.4 Å². The highest BCUT2D eigenvalue weighted by molar-refractivity contribution is 5.79. The minimum Gasteiger partial charge on any atom is -0.496 e. The fourth-order valence-corrected chi connectivity index (χ4v) is 2.17. The molecule has 3 N–H and O–H groups in total. The lowest BCUT2D eigenvalue weighted by Crippen LogP contribution is -2.55. The maximum Gasteiger partial charge on any atom is 0.224 e. The molecule has 2 rings (SSSR count). The fourth-order valence-electron chi connectivity index (χ4n) is 2.17. The predicted molar refractivity (Wildman–Crippen MR) is 70.5 cm³/mol. The number of carbonyl (C=O) groups is 1. The van der Waals surface area contributed by atoms with Crippen LogP contribution in [-0.4, -0.2) is 25.1 Å². The number of hydrogen-bond donors (Lipinski definition) is 2. The number of nitrogens with one attached hydrogen (secondary N) is 1. The molecule has 0 radical (unpaired) electrons. The van der Waals surface area contributed by atoms with E-state index in [0.717, 1.165) is 24.2 Å². The van der Waals surface area contributed by atoms with Crippen molar-refractivity contribution in [2.75, 3.05) is 13.7 Å². The Hall–Kier alpha value is -1.55. The van der Waals surface area contributed by atoms with Crippen molar-refractivity contribution in [2.45, 2.75) is 31.2 Å². The number of methoxy groups -OCH3 is 1. The van der Waals surface area contributed by atoms with Crippen molar-refractivity contribution < 1.29 is 9.53 Å². The summed E-state index contributed by atoms with van der Waals surface area (Å²) in [5, 5.41) is 2.91. The van der Waals surface area contributed by atoms with Gasteiger partial charge in [0.05, 0.1) is 13.5 Å². The molecule has 0 saturated heterocycles. The zero-order valence-corrected chi connectivity index (χ0v) is 10.7. The highest BCUT2D eigenvalue weighted by atomic mass is 16.5. The smallest absolute Gasteiger partial charge is 0.224 e. The van der Waals surface area contributed by atoms with Crippen LogP contribution in [0.15, 0.2) is 24.3 Å². The minimum atomic E-state index is -0.170. The van der Waals surface area contributed by atoms with E-state index in [2.05, 4.69) is 5.32 Å². The van der Waals surface area contributed by atoms with Crippen molar-refractivity contribution in [1.29, 1.82) is 0 Å². The Labute approximate surface area is 108 Å². The second-order valence-corrected chi connectivity index (χ2v) is 4.98. The summed E-state index contributed by atoms with van der Waals surface area (Å²) in [4.78, 5) is 11.8. The second-order valence-electron chi connectivity index (χ2n) is 4.98. The van der Waals surface area contributed by atoms with Gasteiger partial charge in [0.25, 0.3) is 0 Å². The van der Waals surface area contributed by atoms with E-state index in [4.69, 9.17) is 10.5 Å². The van der Waals surface area contributed by atoms with Crippen LogP contribution >= 0.6 is 0 Å². The van der Waals surface area contributed by atoms with E-state index in [9.17, 15) is 4.79 Å². The number of carbonyl (C=O) groups excluding carboxylic acids is 1. The molecule has 1 aliphatic carbocycles. The summed E-state index contributed by atoms with van der Waals surface area (Å²) in [6.45, 7) is 0.570. The minimum absolute atomic E-state index is 0.00350. The van der Waals surface area contributed by atoms with Gasteiger partial charge in [-0.2, -0.15) is 0 Å². The maximum absolute atomic E-state index is 11.8. The number of para-hydroxylation sites is 1. The van der Waals surface area contributed by atoms with Crippen LogP contribution in [0, 0.1) is 0 Å². The summed E-state index contributed by atoms with van der Waals surface area (Å²) >= 11 is 0.